The molecule has 1 aromatic carbocycles. The Morgan fingerprint density at radius 1 is 1.26 bits per heavy atom. The number of rotatable bonds is 4. The van der Waals surface area contributed by atoms with Crippen LogP contribution in [0, 0.1) is 0 Å². The van der Waals surface area contributed by atoms with Gasteiger partial charge in [-0.25, -0.2) is 5.01 Å². The first-order valence-corrected chi connectivity index (χ1v) is 7.27. The number of benzene rings is 1. The highest BCUT2D eigenvalue weighted by atomic mass is 16.5. The minimum atomic E-state index is -0.217. The third kappa shape index (κ3) is 2.79. The molecule has 0 aliphatic carbocycles. The lowest BCUT2D eigenvalue weighted by atomic mass is 10.0. The zero-order valence-electron chi connectivity index (χ0n) is 13.3. The third-order valence-corrected chi connectivity index (χ3v) is 3.82. The minimum absolute atomic E-state index is 0.123. The summed E-state index contributed by atoms with van der Waals surface area (Å²) in [6, 6.07) is 9.04. The largest absolute Gasteiger partial charge is 0.493 e. The fourth-order valence-corrected chi connectivity index (χ4v) is 2.69. The summed E-state index contributed by atoms with van der Waals surface area (Å²) in [7, 11) is 3.18. The Hall–Kier alpha value is -2.76. The number of ether oxygens (including phenoxy) is 2. The van der Waals surface area contributed by atoms with Crippen LogP contribution in [0.15, 0.2) is 46.1 Å². The molecule has 120 valence electrons. The maximum Gasteiger partial charge on any atom is 0.240 e. The van der Waals surface area contributed by atoms with E-state index in [0.29, 0.717) is 17.9 Å². The van der Waals surface area contributed by atoms with Gasteiger partial charge in [-0.2, -0.15) is 5.10 Å². The molecule has 1 atom stereocenters. The summed E-state index contributed by atoms with van der Waals surface area (Å²) in [5, 5.41) is 5.93. The number of amides is 1. The molecule has 1 aliphatic rings. The number of carbonyl (C=O) groups excluding carboxylic acids is 1. The van der Waals surface area contributed by atoms with Crippen LogP contribution in [-0.2, 0) is 4.79 Å². The van der Waals surface area contributed by atoms with Gasteiger partial charge in [-0.15, -0.1) is 0 Å². The molecular weight excluding hydrogens is 296 g/mol. The Balaban J connectivity index is 1.94. The molecule has 1 amide bonds. The number of furan rings is 1. The molecule has 6 nitrogen and oxygen atoms in total. The molecule has 23 heavy (non-hydrogen) atoms. The van der Waals surface area contributed by atoms with Gasteiger partial charge < -0.3 is 13.9 Å². The van der Waals surface area contributed by atoms with Crippen molar-refractivity contribution in [3.05, 3.63) is 47.9 Å². The summed E-state index contributed by atoms with van der Waals surface area (Å²) < 4.78 is 16.0. The quantitative estimate of drug-likeness (QED) is 0.870. The first kappa shape index (κ1) is 15.1. The second kappa shape index (κ2) is 6.16. The molecule has 2 heterocycles. The molecule has 1 aliphatic heterocycles. The lowest BCUT2D eigenvalue weighted by Crippen LogP contribution is -2.23. The van der Waals surface area contributed by atoms with Gasteiger partial charge in [0.1, 0.15) is 11.8 Å². The highest BCUT2D eigenvalue weighted by molar-refractivity contribution is 6.03. The first-order valence-electron chi connectivity index (χ1n) is 7.27. The van der Waals surface area contributed by atoms with Crippen molar-refractivity contribution >= 4 is 11.6 Å². The van der Waals surface area contributed by atoms with E-state index in [0.717, 1.165) is 17.0 Å². The lowest BCUT2D eigenvalue weighted by molar-refractivity contribution is -0.130. The molecule has 0 bridgehead atoms. The number of methoxy groups -OCH3 is 2. The fraction of sp³-hybridized carbons (Fsp3) is 0.294. The number of hydrogen-bond acceptors (Lipinski definition) is 5. The monoisotopic (exact) mass is 314 g/mol. The second-order valence-electron chi connectivity index (χ2n) is 5.22. The zero-order valence-corrected chi connectivity index (χ0v) is 13.3. The van der Waals surface area contributed by atoms with Crippen molar-refractivity contribution in [2.45, 2.75) is 19.4 Å². The van der Waals surface area contributed by atoms with Crippen LogP contribution in [0.25, 0.3) is 0 Å². The average Bonchev–Trinajstić information content (AvgIpc) is 3.22. The lowest BCUT2D eigenvalue weighted by Gasteiger charge is -2.17. The SMILES string of the molecule is COc1ccc(C2=NN(C(C)=O)[C@H](c3ccco3)C2)cc1OC. The number of nitrogens with zero attached hydrogens (tertiary/aromatic N) is 2. The van der Waals surface area contributed by atoms with Gasteiger partial charge in [-0.05, 0) is 30.3 Å². The van der Waals surface area contributed by atoms with Gasteiger partial charge in [0.15, 0.2) is 11.5 Å². The average molecular weight is 314 g/mol. The zero-order chi connectivity index (χ0) is 16.4. The van der Waals surface area contributed by atoms with Gasteiger partial charge in [-0.1, -0.05) is 0 Å². The molecule has 6 heteroatoms. The molecule has 0 fully saturated rings. The molecule has 0 spiro atoms. The van der Waals surface area contributed by atoms with Gasteiger partial charge in [0.25, 0.3) is 0 Å². The molecule has 0 saturated heterocycles. The minimum Gasteiger partial charge on any atom is -0.493 e. The van der Waals surface area contributed by atoms with E-state index in [-0.39, 0.29) is 11.9 Å². The third-order valence-electron chi connectivity index (χ3n) is 3.82. The summed E-state index contributed by atoms with van der Waals surface area (Å²) >= 11 is 0. The highest BCUT2D eigenvalue weighted by Crippen LogP contribution is 2.35. The molecular formula is C17H18N2O4. The Bertz CT molecular complexity index is 737. The molecule has 0 unspecified atom stereocenters. The van der Waals surface area contributed by atoms with Crippen molar-refractivity contribution in [3.63, 3.8) is 0 Å². The summed E-state index contributed by atoms with van der Waals surface area (Å²) in [5.41, 5.74) is 1.70. The van der Waals surface area contributed by atoms with E-state index in [1.54, 1.807) is 20.5 Å². The van der Waals surface area contributed by atoms with E-state index in [2.05, 4.69) is 5.10 Å². The van der Waals surface area contributed by atoms with Gasteiger partial charge >= 0.3 is 0 Å². The highest BCUT2D eigenvalue weighted by Gasteiger charge is 2.33. The first-order chi connectivity index (χ1) is 11.1. The molecule has 0 N–H and O–H groups in total. The van der Waals surface area contributed by atoms with Crippen LogP contribution >= 0.6 is 0 Å². The Kier molecular flexibility index (Phi) is 4.06. The molecule has 3 rings (SSSR count). The van der Waals surface area contributed by atoms with Crippen molar-refractivity contribution in [2.24, 2.45) is 5.10 Å². The van der Waals surface area contributed by atoms with Crippen LogP contribution in [0.3, 0.4) is 0 Å². The standard InChI is InChI=1S/C17H18N2O4/c1-11(20)19-14(15-5-4-8-23-15)10-13(18-19)12-6-7-16(21-2)17(9-12)22-3/h4-9,14H,10H2,1-3H3/t14-/m0/s1. The van der Waals surface area contributed by atoms with E-state index in [4.69, 9.17) is 13.9 Å². The maximum absolute atomic E-state index is 11.9. The second-order valence-corrected chi connectivity index (χ2v) is 5.22. The van der Waals surface area contributed by atoms with Gasteiger partial charge in [0, 0.05) is 18.9 Å². The summed E-state index contributed by atoms with van der Waals surface area (Å²) in [4.78, 5) is 11.9. The van der Waals surface area contributed by atoms with E-state index < -0.39 is 0 Å². The van der Waals surface area contributed by atoms with Crippen molar-refractivity contribution < 1.29 is 18.7 Å². The summed E-state index contributed by atoms with van der Waals surface area (Å²) in [6.07, 6.45) is 2.19. The number of carbonyl (C=O) groups is 1. The van der Waals surface area contributed by atoms with Crippen LogP contribution in [0.4, 0.5) is 0 Å². The van der Waals surface area contributed by atoms with Crippen molar-refractivity contribution in [3.8, 4) is 11.5 Å². The van der Waals surface area contributed by atoms with Crippen LogP contribution in [-0.4, -0.2) is 30.8 Å². The summed E-state index contributed by atoms with van der Waals surface area (Å²) in [6.45, 7) is 1.50. The van der Waals surface area contributed by atoms with Crippen LogP contribution in [0.2, 0.25) is 0 Å². The van der Waals surface area contributed by atoms with Crippen LogP contribution in [0.5, 0.6) is 11.5 Å². The smallest absolute Gasteiger partial charge is 0.240 e. The predicted octanol–water partition coefficient (Wildman–Crippen LogP) is 2.99. The number of hydrogen-bond donors (Lipinski definition) is 0. The maximum atomic E-state index is 11.9. The Morgan fingerprint density at radius 3 is 2.65 bits per heavy atom. The van der Waals surface area contributed by atoms with Crippen molar-refractivity contribution in [1.29, 1.82) is 0 Å². The van der Waals surface area contributed by atoms with E-state index >= 15 is 0 Å². The molecule has 0 radical (unpaired) electrons. The van der Waals surface area contributed by atoms with E-state index in [1.165, 1.54) is 11.9 Å². The topological polar surface area (TPSA) is 64.3 Å². The molecule has 2 aromatic rings. The predicted molar refractivity (Wildman–Crippen MR) is 84.7 cm³/mol. The van der Waals surface area contributed by atoms with E-state index in [1.807, 2.05) is 30.3 Å². The van der Waals surface area contributed by atoms with Crippen molar-refractivity contribution in [2.75, 3.05) is 14.2 Å². The van der Waals surface area contributed by atoms with Gasteiger partial charge in [-0.3, -0.25) is 4.79 Å². The van der Waals surface area contributed by atoms with Crippen LogP contribution < -0.4 is 9.47 Å². The summed E-state index contributed by atoms with van der Waals surface area (Å²) in [5.74, 6) is 1.88. The van der Waals surface area contributed by atoms with Gasteiger partial charge in [0.05, 0.1) is 26.2 Å². The fourth-order valence-electron chi connectivity index (χ4n) is 2.69. The number of hydrazone groups is 1. The van der Waals surface area contributed by atoms with Crippen LogP contribution in [0.1, 0.15) is 30.7 Å². The Labute approximate surface area is 134 Å². The normalized spacial score (nSPS) is 17.1. The van der Waals surface area contributed by atoms with E-state index in [9.17, 15) is 4.79 Å². The van der Waals surface area contributed by atoms with Gasteiger partial charge in [0.2, 0.25) is 5.91 Å². The molecule has 1 aromatic heterocycles. The molecule has 0 saturated carbocycles. The van der Waals surface area contributed by atoms with Crippen molar-refractivity contribution in [1.82, 2.24) is 5.01 Å². The Morgan fingerprint density at radius 2 is 2.04 bits per heavy atom.